The van der Waals surface area contributed by atoms with Crippen molar-refractivity contribution in [3.05, 3.63) is 41.6 Å². The fourth-order valence-corrected chi connectivity index (χ4v) is 3.36. The summed E-state index contributed by atoms with van der Waals surface area (Å²) in [6, 6.07) is 7.55. The van der Waals surface area contributed by atoms with E-state index in [2.05, 4.69) is 20.5 Å². The summed E-state index contributed by atoms with van der Waals surface area (Å²) in [5, 5.41) is 7.97. The molecule has 130 valence electrons. The lowest BCUT2D eigenvalue weighted by molar-refractivity contribution is 0.102. The number of nitrogens with one attached hydrogen (secondary N) is 2. The molecule has 0 unspecified atom stereocenters. The summed E-state index contributed by atoms with van der Waals surface area (Å²) in [7, 11) is 0. The molecule has 1 aromatic carbocycles. The summed E-state index contributed by atoms with van der Waals surface area (Å²) < 4.78 is 0. The summed E-state index contributed by atoms with van der Waals surface area (Å²) in [6.07, 6.45) is 2.55. The van der Waals surface area contributed by atoms with Crippen molar-refractivity contribution in [3.8, 4) is 0 Å². The number of carbonyl (C=O) groups is 1. The highest BCUT2D eigenvalue weighted by molar-refractivity contribution is 7.19. The van der Waals surface area contributed by atoms with Crippen LogP contribution < -0.4 is 21.3 Å². The fourth-order valence-electron chi connectivity index (χ4n) is 2.50. The number of hydrogen-bond acceptors (Lipinski definition) is 6. The van der Waals surface area contributed by atoms with Gasteiger partial charge in [0.15, 0.2) is 5.13 Å². The number of piperazine rings is 1. The third kappa shape index (κ3) is 4.67. The first-order valence-corrected chi connectivity index (χ1v) is 8.60. The predicted octanol–water partition coefficient (Wildman–Crippen LogP) is 1.73. The van der Waals surface area contributed by atoms with E-state index in [-0.39, 0.29) is 18.3 Å². The van der Waals surface area contributed by atoms with Gasteiger partial charge in [0.05, 0.1) is 6.20 Å². The Labute approximate surface area is 151 Å². The van der Waals surface area contributed by atoms with Gasteiger partial charge >= 0.3 is 0 Å². The second-order valence-electron chi connectivity index (χ2n) is 5.43. The van der Waals surface area contributed by atoms with Crippen LogP contribution in [0.3, 0.4) is 0 Å². The van der Waals surface area contributed by atoms with Crippen molar-refractivity contribution in [2.24, 2.45) is 5.73 Å². The number of hydrogen-bond donors (Lipinski definition) is 3. The molecule has 1 aliphatic heterocycles. The van der Waals surface area contributed by atoms with Crippen LogP contribution in [-0.4, -0.2) is 43.6 Å². The van der Waals surface area contributed by atoms with Gasteiger partial charge in [0.2, 0.25) is 0 Å². The molecule has 0 spiro atoms. The van der Waals surface area contributed by atoms with Crippen LogP contribution in [-0.2, 0) is 6.42 Å². The Morgan fingerprint density at radius 1 is 1.29 bits per heavy atom. The van der Waals surface area contributed by atoms with Gasteiger partial charge in [-0.2, -0.15) is 0 Å². The molecule has 1 fully saturated rings. The summed E-state index contributed by atoms with van der Waals surface area (Å²) in [6.45, 7) is 4.45. The Hall–Kier alpha value is -1.67. The zero-order valence-electron chi connectivity index (χ0n) is 13.3. The van der Waals surface area contributed by atoms with E-state index in [0.29, 0.717) is 12.1 Å². The zero-order chi connectivity index (χ0) is 16.1. The summed E-state index contributed by atoms with van der Waals surface area (Å²) in [5.41, 5.74) is 7.31. The molecule has 24 heavy (non-hydrogen) atoms. The van der Waals surface area contributed by atoms with Gasteiger partial charge in [0.1, 0.15) is 5.00 Å². The Bertz CT molecular complexity index is 655. The van der Waals surface area contributed by atoms with Crippen LogP contribution in [0.4, 0.5) is 10.1 Å². The van der Waals surface area contributed by atoms with E-state index in [0.717, 1.165) is 48.3 Å². The highest BCUT2D eigenvalue weighted by Gasteiger charge is 2.15. The molecule has 1 aromatic heterocycles. The smallest absolute Gasteiger partial charge is 0.256 e. The van der Waals surface area contributed by atoms with E-state index in [1.807, 2.05) is 24.3 Å². The summed E-state index contributed by atoms with van der Waals surface area (Å²) in [5.74, 6) is -0.111. The van der Waals surface area contributed by atoms with Gasteiger partial charge in [-0.1, -0.05) is 23.5 Å². The van der Waals surface area contributed by atoms with Crippen LogP contribution in [0, 0.1) is 0 Å². The molecule has 0 aliphatic carbocycles. The first-order chi connectivity index (χ1) is 11.3. The highest BCUT2D eigenvalue weighted by atomic mass is 35.5. The molecule has 0 atom stereocenters. The molecular formula is C16H22ClN5OS. The number of rotatable bonds is 5. The second kappa shape index (κ2) is 8.98. The molecule has 1 saturated heterocycles. The van der Waals surface area contributed by atoms with Crippen LogP contribution in [0.1, 0.15) is 15.9 Å². The van der Waals surface area contributed by atoms with Crippen LogP contribution in [0.25, 0.3) is 0 Å². The topological polar surface area (TPSA) is 83.3 Å². The number of carbonyl (C=O) groups excluding carboxylic acids is 1. The molecule has 0 bridgehead atoms. The Morgan fingerprint density at radius 2 is 2.00 bits per heavy atom. The fraction of sp³-hybridized carbons (Fsp3) is 0.375. The molecule has 0 radical (unpaired) electrons. The van der Waals surface area contributed by atoms with Crippen LogP contribution in [0.2, 0.25) is 0 Å². The number of aromatic nitrogens is 1. The number of halogens is 1. The first kappa shape index (κ1) is 18.7. The Balaban J connectivity index is 0.00000208. The molecule has 3 rings (SSSR count). The maximum Gasteiger partial charge on any atom is 0.256 e. The third-order valence-corrected chi connectivity index (χ3v) is 4.74. The van der Waals surface area contributed by atoms with E-state index >= 15 is 0 Å². The van der Waals surface area contributed by atoms with Crippen LogP contribution in [0.15, 0.2) is 30.5 Å². The normalized spacial score (nSPS) is 14.1. The minimum absolute atomic E-state index is 0. The molecule has 1 aliphatic rings. The third-order valence-electron chi connectivity index (χ3n) is 3.77. The van der Waals surface area contributed by atoms with Crippen molar-refractivity contribution in [1.82, 2.24) is 10.3 Å². The number of thiazole rings is 1. The predicted molar refractivity (Wildman–Crippen MR) is 102 cm³/mol. The largest absolute Gasteiger partial charge is 0.345 e. The van der Waals surface area contributed by atoms with E-state index in [9.17, 15) is 4.79 Å². The molecule has 2 aromatic rings. The number of benzene rings is 1. The minimum Gasteiger partial charge on any atom is -0.345 e. The SMILES string of the molecule is Cl.NCCc1ccc(C(=O)Nc2cnc(N3CCNCC3)s2)cc1. The highest BCUT2D eigenvalue weighted by Crippen LogP contribution is 2.27. The van der Waals surface area contributed by atoms with E-state index in [1.54, 1.807) is 6.20 Å². The number of amides is 1. The molecular weight excluding hydrogens is 346 g/mol. The van der Waals surface area contributed by atoms with Gasteiger partial charge in [-0.3, -0.25) is 4.79 Å². The van der Waals surface area contributed by atoms with E-state index in [1.165, 1.54) is 11.3 Å². The summed E-state index contributed by atoms with van der Waals surface area (Å²) in [4.78, 5) is 18.9. The van der Waals surface area contributed by atoms with Crippen molar-refractivity contribution in [3.63, 3.8) is 0 Å². The number of anilines is 2. The second-order valence-corrected chi connectivity index (χ2v) is 6.44. The molecule has 2 heterocycles. The van der Waals surface area contributed by atoms with Crippen molar-refractivity contribution >= 4 is 39.8 Å². The van der Waals surface area contributed by atoms with Crippen LogP contribution >= 0.6 is 23.7 Å². The van der Waals surface area contributed by atoms with Gasteiger partial charge in [-0.15, -0.1) is 12.4 Å². The van der Waals surface area contributed by atoms with E-state index in [4.69, 9.17) is 5.73 Å². The zero-order valence-corrected chi connectivity index (χ0v) is 15.0. The van der Waals surface area contributed by atoms with Crippen LogP contribution in [0.5, 0.6) is 0 Å². The van der Waals surface area contributed by atoms with Crippen molar-refractivity contribution in [2.45, 2.75) is 6.42 Å². The Morgan fingerprint density at radius 3 is 2.67 bits per heavy atom. The Kier molecular flexibility index (Phi) is 6.99. The molecule has 1 amide bonds. The minimum atomic E-state index is -0.111. The lowest BCUT2D eigenvalue weighted by Gasteiger charge is -2.26. The van der Waals surface area contributed by atoms with Gasteiger partial charge in [0, 0.05) is 31.7 Å². The lowest BCUT2D eigenvalue weighted by atomic mass is 10.1. The molecule has 0 saturated carbocycles. The van der Waals surface area contributed by atoms with Crippen molar-refractivity contribution in [2.75, 3.05) is 42.9 Å². The maximum atomic E-state index is 12.3. The van der Waals surface area contributed by atoms with Gasteiger partial charge in [-0.25, -0.2) is 4.98 Å². The van der Waals surface area contributed by atoms with Crippen molar-refractivity contribution in [1.29, 1.82) is 0 Å². The quantitative estimate of drug-likeness (QED) is 0.749. The number of nitrogens with two attached hydrogens (primary N) is 1. The van der Waals surface area contributed by atoms with Gasteiger partial charge in [0.25, 0.3) is 5.91 Å². The first-order valence-electron chi connectivity index (χ1n) is 7.78. The molecule has 8 heteroatoms. The summed E-state index contributed by atoms with van der Waals surface area (Å²) >= 11 is 1.51. The lowest BCUT2D eigenvalue weighted by Crippen LogP contribution is -2.43. The molecule has 4 N–H and O–H groups in total. The average molecular weight is 368 g/mol. The monoisotopic (exact) mass is 367 g/mol. The van der Waals surface area contributed by atoms with Gasteiger partial charge in [-0.05, 0) is 30.7 Å². The average Bonchev–Trinajstić information content (AvgIpc) is 3.05. The maximum absolute atomic E-state index is 12.3. The van der Waals surface area contributed by atoms with Crippen molar-refractivity contribution < 1.29 is 4.79 Å². The van der Waals surface area contributed by atoms with E-state index < -0.39 is 0 Å². The molecule has 6 nitrogen and oxygen atoms in total. The number of nitrogens with zero attached hydrogens (tertiary/aromatic N) is 2. The standard InChI is InChI=1S/C16H21N5OS.ClH/c17-6-5-12-1-3-13(4-2-12)15(22)20-14-11-19-16(23-14)21-9-7-18-8-10-21;/h1-4,11,18H,5-10,17H2,(H,20,22);1H. The van der Waals surface area contributed by atoms with Gasteiger partial charge < -0.3 is 21.3 Å².